The minimum atomic E-state index is 0. The Bertz CT molecular complexity index is 1040. The Labute approximate surface area is 218 Å². The van der Waals surface area contributed by atoms with E-state index in [-0.39, 0.29) is 61.8 Å². The molecule has 3 aliphatic rings. The van der Waals surface area contributed by atoms with Gasteiger partial charge in [-0.3, -0.25) is 6.08 Å². The number of benzene rings is 2. The molecule has 3 heteroatoms. The van der Waals surface area contributed by atoms with Crippen LogP contribution in [0.1, 0.15) is 61.1 Å². The van der Waals surface area contributed by atoms with Gasteiger partial charge >= 0.3 is 26.2 Å². The molecule has 0 amide bonds. The summed E-state index contributed by atoms with van der Waals surface area (Å²) in [6.45, 7) is 9.13. The van der Waals surface area contributed by atoms with Crippen molar-refractivity contribution in [3.05, 3.63) is 100 Å². The van der Waals surface area contributed by atoms with Gasteiger partial charge in [0.25, 0.3) is 0 Å². The van der Waals surface area contributed by atoms with Crippen molar-refractivity contribution in [1.82, 2.24) is 0 Å². The molecule has 156 valence electrons. The van der Waals surface area contributed by atoms with Crippen molar-refractivity contribution < 1.29 is 51.0 Å². The summed E-state index contributed by atoms with van der Waals surface area (Å²) < 4.78 is 0. The Morgan fingerprint density at radius 2 is 1.39 bits per heavy atom. The molecule has 0 atom stereocenters. The van der Waals surface area contributed by atoms with E-state index in [9.17, 15) is 0 Å². The number of halogens is 2. The van der Waals surface area contributed by atoms with E-state index in [4.69, 9.17) is 0 Å². The van der Waals surface area contributed by atoms with Crippen molar-refractivity contribution in [2.24, 2.45) is 0 Å². The maximum atomic E-state index is 3.50. The van der Waals surface area contributed by atoms with Crippen molar-refractivity contribution in [3.8, 4) is 11.1 Å². The minimum absolute atomic E-state index is 0. The summed E-state index contributed by atoms with van der Waals surface area (Å²) in [5.74, 6) is 0. The van der Waals surface area contributed by atoms with Crippen molar-refractivity contribution in [2.75, 3.05) is 0 Å². The Hall–Kier alpha value is -1.27. The zero-order chi connectivity index (χ0) is 19.5. The molecule has 0 heterocycles. The molecule has 3 aromatic rings. The van der Waals surface area contributed by atoms with Gasteiger partial charge in [-0.2, -0.15) is 23.8 Å². The van der Waals surface area contributed by atoms with Crippen molar-refractivity contribution >= 4 is 12.2 Å². The van der Waals surface area contributed by atoms with Gasteiger partial charge in [0.2, 0.25) is 0 Å². The van der Waals surface area contributed by atoms with Crippen LogP contribution in [0.5, 0.6) is 0 Å². The molecule has 6 rings (SSSR count). The third-order valence-electron chi connectivity index (χ3n) is 6.41. The van der Waals surface area contributed by atoms with Gasteiger partial charge in [0.15, 0.2) is 0 Å². The Kier molecular flexibility index (Phi) is 7.80. The van der Waals surface area contributed by atoms with E-state index < -0.39 is 0 Å². The second-order valence-electron chi connectivity index (χ2n) is 9.30. The number of hydrogen-bond acceptors (Lipinski definition) is 0. The Morgan fingerprint density at radius 1 is 0.806 bits per heavy atom. The summed E-state index contributed by atoms with van der Waals surface area (Å²) in [5, 5.41) is 0. The molecule has 0 N–H and O–H groups in total. The van der Waals surface area contributed by atoms with Crippen LogP contribution in [0.4, 0.5) is 0 Å². The van der Waals surface area contributed by atoms with Gasteiger partial charge in [0.1, 0.15) is 0 Å². The maximum Gasteiger partial charge on any atom is 4.00 e. The van der Waals surface area contributed by atoms with E-state index in [1.54, 1.807) is 0 Å². The molecule has 0 spiro atoms. The van der Waals surface area contributed by atoms with Gasteiger partial charge in [-0.05, 0) is 45.9 Å². The third-order valence-corrected chi connectivity index (χ3v) is 6.41. The predicted octanol–water partition coefficient (Wildman–Crippen LogP) is 1.08. The number of rotatable bonds is 0. The number of allylic oxidation sites excluding steroid dienone is 2. The molecule has 0 bridgehead atoms. The van der Waals surface area contributed by atoms with Crippen LogP contribution in [0.2, 0.25) is 0 Å². The first kappa shape index (κ1) is 26.0. The Balaban J connectivity index is 0.000000381. The molecule has 0 radical (unpaired) electrons. The summed E-state index contributed by atoms with van der Waals surface area (Å²) in [4.78, 5) is 0. The summed E-state index contributed by atoms with van der Waals surface area (Å²) in [5.41, 5.74) is 11.7. The van der Waals surface area contributed by atoms with E-state index in [1.165, 1.54) is 44.5 Å². The first-order valence-corrected chi connectivity index (χ1v) is 10.2. The van der Waals surface area contributed by atoms with Crippen LogP contribution in [0, 0.1) is 6.08 Å². The zero-order valence-corrected chi connectivity index (χ0v) is 22.4. The normalized spacial score (nSPS) is 16.4. The fourth-order valence-corrected chi connectivity index (χ4v) is 4.72. The summed E-state index contributed by atoms with van der Waals surface area (Å²) in [7, 11) is 0. The van der Waals surface area contributed by atoms with Crippen LogP contribution in [0.3, 0.4) is 0 Å². The third kappa shape index (κ3) is 4.48. The van der Waals surface area contributed by atoms with E-state index >= 15 is 0 Å². The second-order valence-corrected chi connectivity index (χ2v) is 9.30. The monoisotopic (exact) mass is 522 g/mol. The standard InChI is InChI=1S/C23H21.C5H5.2ClH.Zr/c1-22(2)7-5-14-10-18-16(12-20(14)22)9-17-13-21-15(11-19(17)18)6-8-23(21,3)4;1-2-4-5-3-1;;;/h5-7,10-13H,9H2,1-4H3;1-5H;2*1H;/q2*-1;;;+4/p-2. The quantitative estimate of drug-likeness (QED) is 0.302. The first-order valence-electron chi connectivity index (χ1n) is 10.2. The summed E-state index contributed by atoms with van der Waals surface area (Å²) >= 11 is 0. The summed E-state index contributed by atoms with van der Waals surface area (Å²) in [6.07, 6.45) is 11.4. The van der Waals surface area contributed by atoms with Crippen LogP contribution in [-0.4, -0.2) is 0 Å². The van der Waals surface area contributed by atoms with Gasteiger partial charge in [0.05, 0.1) is 0 Å². The molecule has 3 aliphatic carbocycles. The van der Waals surface area contributed by atoms with Crippen LogP contribution in [0.15, 0.2) is 60.7 Å². The van der Waals surface area contributed by atoms with E-state index in [0.717, 1.165) is 6.42 Å². The van der Waals surface area contributed by atoms with E-state index in [2.05, 4.69) is 76.3 Å². The molecule has 3 aromatic carbocycles. The van der Waals surface area contributed by atoms with Gasteiger partial charge < -0.3 is 24.8 Å². The van der Waals surface area contributed by atoms with Crippen LogP contribution < -0.4 is 24.8 Å². The fraction of sp³-hybridized carbons (Fsp3) is 0.250. The average molecular weight is 525 g/mol. The van der Waals surface area contributed by atoms with Gasteiger partial charge in [-0.15, -0.1) is 11.6 Å². The van der Waals surface area contributed by atoms with E-state index in [1.807, 2.05) is 30.3 Å². The van der Waals surface area contributed by atoms with Crippen molar-refractivity contribution in [1.29, 1.82) is 0 Å². The molecule has 0 aromatic heterocycles. The minimum Gasteiger partial charge on any atom is -1.00 e. The van der Waals surface area contributed by atoms with Gasteiger partial charge in [-0.25, -0.2) is 18.2 Å². The van der Waals surface area contributed by atoms with Crippen molar-refractivity contribution in [3.63, 3.8) is 0 Å². The summed E-state index contributed by atoms with van der Waals surface area (Å²) in [6, 6.07) is 19.7. The van der Waals surface area contributed by atoms with Crippen LogP contribution in [-0.2, 0) is 43.5 Å². The second kappa shape index (κ2) is 9.31. The smallest absolute Gasteiger partial charge is 1.00 e. The Morgan fingerprint density at radius 3 is 1.97 bits per heavy atom. The average Bonchev–Trinajstić information content (AvgIpc) is 3.42. The SMILES string of the molecule is CC1(C)[C-]=Cc2cc3c(cc21)Cc1cc2c(cc1-3)C=CC2(C)C.[Cl-].[Cl-].[Zr+4].c1cc[cH-]c1. The molecule has 0 fully saturated rings. The number of hydrogen-bond donors (Lipinski definition) is 0. The van der Waals surface area contributed by atoms with E-state index in [0.29, 0.717) is 0 Å². The molecular formula is C28H26Cl2Zr. The molecule has 31 heavy (non-hydrogen) atoms. The van der Waals surface area contributed by atoms with Gasteiger partial charge in [-0.1, -0.05) is 57.4 Å². The molecule has 0 unspecified atom stereocenters. The molecule has 0 nitrogen and oxygen atoms in total. The largest absolute Gasteiger partial charge is 4.00 e. The van der Waals surface area contributed by atoms with Gasteiger partial charge in [0, 0.05) is 5.41 Å². The fourth-order valence-electron chi connectivity index (χ4n) is 4.72. The predicted molar refractivity (Wildman–Crippen MR) is 120 cm³/mol. The molecule has 0 saturated carbocycles. The molecule has 0 aliphatic heterocycles. The number of fused-ring (bicyclic) bond motifs is 5. The topological polar surface area (TPSA) is 0 Å². The maximum absolute atomic E-state index is 3.50. The molecule has 0 saturated heterocycles. The van der Waals surface area contributed by atoms with Crippen LogP contribution in [0.25, 0.3) is 23.3 Å². The molecular weight excluding hydrogens is 498 g/mol. The van der Waals surface area contributed by atoms with Crippen molar-refractivity contribution in [2.45, 2.75) is 44.9 Å². The van der Waals surface area contributed by atoms with Crippen LogP contribution >= 0.6 is 0 Å². The first-order chi connectivity index (χ1) is 13.4. The zero-order valence-electron chi connectivity index (χ0n) is 18.4.